The first-order chi connectivity index (χ1) is 21.0. The minimum atomic E-state index is -0.360. The van der Waals surface area contributed by atoms with Gasteiger partial charge >= 0.3 is 5.69 Å². The quantitative estimate of drug-likeness (QED) is 0.170. The molecule has 0 radical (unpaired) electrons. The minimum absolute atomic E-state index is 0.253. The number of fused-ring (bicyclic) bond motifs is 2. The van der Waals surface area contributed by atoms with Crippen LogP contribution in [0, 0.1) is 11.6 Å². The normalized spacial score (nSPS) is 11.1. The van der Waals surface area contributed by atoms with Crippen LogP contribution in [-0.2, 0) is 0 Å². The number of hydrogen-bond acceptors (Lipinski definition) is 5. The summed E-state index contributed by atoms with van der Waals surface area (Å²) in [6, 6.07) is 24.1. The molecule has 0 spiro atoms. The van der Waals surface area contributed by atoms with Crippen LogP contribution in [-0.4, -0.2) is 45.5 Å². The van der Waals surface area contributed by atoms with Gasteiger partial charge in [0.25, 0.3) is 0 Å². The van der Waals surface area contributed by atoms with Gasteiger partial charge in [-0.1, -0.05) is 6.07 Å². The van der Waals surface area contributed by atoms with Gasteiger partial charge in [0.05, 0.1) is 40.6 Å². The zero-order valence-electron chi connectivity index (χ0n) is 22.2. The van der Waals surface area contributed by atoms with Gasteiger partial charge in [-0.05, 0) is 78.9 Å². The third kappa shape index (κ3) is 5.08. The molecule has 10 nitrogen and oxygen atoms in total. The molecule has 43 heavy (non-hydrogen) atoms. The summed E-state index contributed by atoms with van der Waals surface area (Å²) >= 11 is 0. The Morgan fingerprint density at radius 3 is 1.63 bits per heavy atom. The number of nitrogens with one attached hydrogen (secondary N) is 5. The second kappa shape index (κ2) is 10.7. The number of hydrogen-bond donors (Lipinski definition) is 5. The molecule has 0 saturated carbocycles. The molecule has 0 aliphatic heterocycles. The van der Waals surface area contributed by atoms with Crippen LogP contribution in [0.25, 0.3) is 67.0 Å². The smallest absolute Gasteiger partial charge is 0.340 e. The lowest BCUT2D eigenvalue weighted by Gasteiger charge is -2.00. The number of aromatic nitrogens is 9. The van der Waals surface area contributed by atoms with Gasteiger partial charge in [0, 0.05) is 33.0 Å². The van der Waals surface area contributed by atoms with Crippen molar-refractivity contribution in [2.24, 2.45) is 0 Å². The van der Waals surface area contributed by atoms with E-state index in [1.54, 1.807) is 36.8 Å². The maximum atomic E-state index is 13.1. The van der Waals surface area contributed by atoms with Crippen LogP contribution >= 0.6 is 0 Å². The fourth-order valence-corrected chi connectivity index (χ4v) is 4.82. The Morgan fingerprint density at radius 2 is 1.12 bits per heavy atom. The molecule has 8 rings (SSSR count). The van der Waals surface area contributed by atoms with Gasteiger partial charge in [-0.25, -0.2) is 23.7 Å². The van der Waals surface area contributed by atoms with Crippen molar-refractivity contribution in [3.8, 4) is 45.2 Å². The summed E-state index contributed by atoms with van der Waals surface area (Å²) in [5, 5.41) is 22.7. The van der Waals surface area contributed by atoms with E-state index in [4.69, 9.17) is 0 Å². The molecule has 0 aliphatic carbocycles. The minimum Gasteiger partial charge on any atom is -0.345 e. The first kappa shape index (κ1) is 25.8. The van der Waals surface area contributed by atoms with Gasteiger partial charge in [0.15, 0.2) is 5.82 Å². The summed E-state index contributed by atoms with van der Waals surface area (Å²) < 4.78 is 26.1. The topological polar surface area (TPSA) is 148 Å². The molecule has 0 unspecified atom stereocenters. The van der Waals surface area contributed by atoms with Crippen molar-refractivity contribution < 1.29 is 8.78 Å². The molecule has 5 N–H and O–H groups in total. The highest BCUT2D eigenvalue weighted by atomic mass is 19.1. The molecule has 0 fully saturated rings. The standard InChI is InChI=1S/C16H11FN4.C15H10FN5O/c17-12-4-1-10(2-5-12)16-13-7-11(15-8-18-9-19-15)3-6-14(13)20-21-16;16-10-4-1-8(2-5-10)13-11-7-9(3-6-12(11)18-19-13)14-17-15(22)21-20-14/h1-9H,(H,18,19)(H,20,21);1-7H,(H,18,19)(H2,17,20,21,22). The largest absolute Gasteiger partial charge is 0.345 e. The van der Waals surface area contributed by atoms with E-state index in [2.05, 4.69) is 45.5 Å². The Hall–Kier alpha value is -6.17. The number of H-pyrrole nitrogens is 5. The first-order valence-corrected chi connectivity index (χ1v) is 13.1. The van der Waals surface area contributed by atoms with Gasteiger partial charge in [-0.2, -0.15) is 15.3 Å². The SMILES string of the molecule is Fc1ccc(-c2n[nH]c3ccc(-c4cnc[nH]4)cc23)cc1.O=c1[nH]nc(-c2ccc3[nH]nc(-c4ccc(F)cc4)c3c2)[nH]1. The molecule has 4 aromatic heterocycles. The Balaban J connectivity index is 0.000000140. The van der Waals surface area contributed by atoms with Crippen molar-refractivity contribution in [1.29, 1.82) is 0 Å². The second-order valence-corrected chi connectivity index (χ2v) is 9.67. The molecule has 0 saturated heterocycles. The van der Waals surface area contributed by atoms with E-state index < -0.39 is 0 Å². The van der Waals surface area contributed by atoms with E-state index in [0.29, 0.717) is 5.82 Å². The molecule has 4 aromatic carbocycles. The van der Waals surface area contributed by atoms with Crippen LogP contribution in [0.5, 0.6) is 0 Å². The Labute approximate surface area is 240 Å². The van der Waals surface area contributed by atoms with Gasteiger partial charge in [0.1, 0.15) is 11.6 Å². The second-order valence-electron chi connectivity index (χ2n) is 9.67. The van der Waals surface area contributed by atoms with Crippen LogP contribution in [0.15, 0.2) is 102 Å². The Kier molecular flexibility index (Phi) is 6.39. The summed E-state index contributed by atoms with van der Waals surface area (Å²) in [6.45, 7) is 0. The van der Waals surface area contributed by atoms with Crippen molar-refractivity contribution in [3.05, 3.63) is 120 Å². The maximum absolute atomic E-state index is 13.1. The Bertz CT molecular complexity index is 2230. The molecular weight excluding hydrogens is 552 g/mol. The number of imidazole rings is 1. The average molecular weight is 574 g/mol. The van der Waals surface area contributed by atoms with Crippen molar-refractivity contribution in [2.75, 3.05) is 0 Å². The first-order valence-electron chi connectivity index (χ1n) is 13.1. The van der Waals surface area contributed by atoms with Crippen molar-refractivity contribution in [3.63, 3.8) is 0 Å². The average Bonchev–Trinajstić information content (AvgIpc) is 3.85. The number of benzene rings is 4. The van der Waals surface area contributed by atoms with E-state index in [0.717, 1.165) is 61.1 Å². The molecule has 0 bridgehead atoms. The monoisotopic (exact) mass is 573 g/mol. The molecule has 0 atom stereocenters. The Morgan fingerprint density at radius 1 is 0.581 bits per heavy atom. The summed E-state index contributed by atoms with van der Waals surface area (Å²) in [6.07, 6.45) is 3.43. The fraction of sp³-hybridized carbons (Fsp3) is 0. The van der Waals surface area contributed by atoms with E-state index in [9.17, 15) is 13.6 Å². The van der Waals surface area contributed by atoms with Gasteiger partial charge in [-0.15, -0.1) is 0 Å². The van der Waals surface area contributed by atoms with E-state index in [1.165, 1.54) is 24.3 Å². The maximum Gasteiger partial charge on any atom is 0.340 e. The van der Waals surface area contributed by atoms with Crippen molar-refractivity contribution in [2.45, 2.75) is 0 Å². The van der Waals surface area contributed by atoms with Crippen LogP contribution < -0.4 is 5.69 Å². The number of nitrogens with zero attached hydrogens (tertiary/aromatic N) is 4. The van der Waals surface area contributed by atoms with Crippen molar-refractivity contribution in [1.82, 2.24) is 45.5 Å². The summed E-state index contributed by atoms with van der Waals surface area (Å²) in [4.78, 5) is 20.9. The third-order valence-electron chi connectivity index (χ3n) is 6.94. The van der Waals surface area contributed by atoms with Crippen LogP contribution in [0.3, 0.4) is 0 Å². The van der Waals surface area contributed by atoms with Crippen molar-refractivity contribution >= 4 is 21.8 Å². The molecule has 4 heterocycles. The third-order valence-corrected chi connectivity index (χ3v) is 6.94. The fourth-order valence-electron chi connectivity index (χ4n) is 4.82. The lowest BCUT2D eigenvalue weighted by Crippen LogP contribution is -2.00. The summed E-state index contributed by atoms with van der Waals surface area (Å²) in [5.74, 6) is -0.0896. The predicted octanol–water partition coefficient (Wildman–Crippen LogP) is 6.21. The molecule has 8 aromatic rings. The number of aromatic amines is 5. The number of rotatable bonds is 4. The predicted molar refractivity (Wildman–Crippen MR) is 159 cm³/mol. The lowest BCUT2D eigenvalue weighted by molar-refractivity contribution is 0.627. The highest BCUT2D eigenvalue weighted by molar-refractivity contribution is 5.96. The van der Waals surface area contributed by atoms with E-state index in [-0.39, 0.29) is 17.3 Å². The number of halogens is 2. The molecule has 0 aliphatic rings. The zero-order chi connectivity index (χ0) is 29.3. The van der Waals surface area contributed by atoms with Crippen LogP contribution in [0.1, 0.15) is 0 Å². The van der Waals surface area contributed by atoms with Gasteiger partial charge in [0.2, 0.25) is 0 Å². The van der Waals surface area contributed by atoms with Crippen LogP contribution in [0.2, 0.25) is 0 Å². The highest BCUT2D eigenvalue weighted by Gasteiger charge is 2.12. The van der Waals surface area contributed by atoms with Gasteiger partial charge in [-0.3, -0.25) is 15.2 Å². The lowest BCUT2D eigenvalue weighted by atomic mass is 10.0. The molecule has 210 valence electrons. The van der Waals surface area contributed by atoms with Crippen LogP contribution in [0.4, 0.5) is 8.78 Å². The highest BCUT2D eigenvalue weighted by Crippen LogP contribution is 2.31. The van der Waals surface area contributed by atoms with E-state index in [1.807, 2.05) is 36.4 Å². The van der Waals surface area contributed by atoms with E-state index >= 15 is 0 Å². The molecule has 12 heteroatoms. The summed E-state index contributed by atoms with van der Waals surface area (Å²) in [5.41, 5.74) is 7.38. The zero-order valence-corrected chi connectivity index (χ0v) is 22.2. The molecular formula is C31H21F2N9O. The van der Waals surface area contributed by atoms with Gasteiger partial charge < -0.3 is 4.98 Å². The summed E-state index contributed by atoms with van der Waals surface area (Å²) in [7, 11) is 0. The molecule has 0 amide bonds.